The van der Waals surface area contributed by atoms with E-state index in [0.29, 0.717) is 11.2 Å². The van der Waals surface area contributed by atoms with Gasteiger partial charge in [0.05, 0.1) is 0 Å². The number of rotatable bonds is 6. The molecular weight excluding hydrogens is 224 g/mol. The topological polar surface area (TPSA) is 0 Å². The van der Waals surface area contributed by atoms with E-state index >= 15 is 0 Å². The monoisotopic (exact) mass is 258 g/mol. The second-order valence-corrected chi connectivity index (χ2v) is 7.94. The zero-order valence-corrected chi connectivity index (χ0v) is 14.3. The molecule has 0 N–H and O–H groups in total. The minimum Gasteiger partial charge on any atom is -0.175 e. The van der Waals surface area contributed by atoms with Crippen LogP contribution in [0.4, 0.5) is 0 Å². The molecule has 0 aromatic carbocycles. The standard InChI is InChI=1S/C16H34S/c1-10(2)13(7)14(11(3)4)16(8,9)15(17)12(5)6/h10-15,17H,1-9H3. The SMILES string of the molecule is CC(C)C(C)C(C(C)C)C(C)(C)C(S)C(C)C. The lowest BCUT2D eigenvalue weighted by Gasteiger charge is -2.47. The molecule has 104 valence electrons. The third kappa shape index (κ3) is 4.19. The Labute approximate surface area is 115 Å². The van der Waals surface area contributed by atoms with Crippen molar-refractivity contribution in [2.45, 2.75) is 67.6 Å². The molecule has 0 saturated carbocycles. The molecule has 0 bridgehead atoms. The van der Waals surface area contributed by atoms with Gasteiger partial charge in [-0.15, -0.1) is 0 Å². The molecule has 0 spiro atoms. The van der Waals surface area contributed by atoms with Gasteiger partial charge in [-0.2, -0.15) is 12.6 Å². The molecular formula is C16H34S. The van der Waals surface area contributed by atoms with E-state index in [-0.39, 0.29) is 5.41 Å². The first-order valence-corrected chi connectivity index (χ1v) is 7.73. The predicted molar refractivity (Wildman–Crippen MR) is 83.7 cm³/mol. The molecule has 0 radical (unpaired) electrons. The van der Waals surface area contributed by atoms with Crippen LogP contribution in [0.15, 0.2) is 0 Å². The van der Waals surface area contributed by atoms with E-state index in [2.05, 4.69) is 62.3 Å². The summed E-state index contributed by atoms with van der Waals surface area (Å²) >= 11 is 4.90. The van der Waals surface area contributed by atoms with Crippen molar-refractivity contribution in [3.63, 3.8) is 0 Å². The maximum absolute atomic E-state index is 4.90. The van der Waals surface area contributed by atoms with Crippen LogP contribution in [0.1, 0.15) is 62.3 Å². The van der Waals surface area contributed by atoms with Crippen LogP contribution in [0.3, 0.4) is 0 Å². The minimum atomic E-state index is 0.287. The summed E-state index contributed by atoms with van der Waals surface area (Å²) in [6.45, 7) is 21.2. The largest absolute Gasteiger partial charge is 0.175 e. The molecule has 0 nitrogen and oxygen atoms in total. The van der Waals surface area contributed by atoms with Gasteiger partial charge in [-0.3, -0.25) is 0 Å². The van der Waals surface area contributed by atoms with E-state index in [1.165, 1.54) is 0 Å². The lowest BCUT2D eigenvalue weighted by atomic mass is 9.61. The molecule has 0 fully saturated rings. The van der Waals surface area contributed by atoms with E-state index in [0.717, 1.165) is 23.7 Å². The smallest absolute Gasteiger partial charge is 0.00938 e. The number of hydrogen-bond acceptors (Lipinski definition) is 1. The molecule has 0 aromatic heterocycles. The summed E-state index contributed by atoms with van der Waals surface area (Å²) in [6, 6.07) is 0. The van der Waals surface area contributed by atoms with Gasteiger partial charge in [0, 0.05) is 5.25 Å². The van der Waals surface area contributed by atoms with Gasteiger partial charge in [0.2, 0.25) is 0 Å². The van der Waals surface area contributed by atoms with E-state index in [4.69, 9.17) is 12.6 Å². The first-order chi connectivity index (χ1) is 7.53. The third-order valence-electron chi connectivity index (χ3n) is 4.59. The van der Waals surface area contributed by atoms with Crippen LogP contribution in [-0.4, -0.2) is 5.25 Å². The molecule has 0 aromatic rings. The second kappa shape index (κ2) is 6.50. The van der Waals surface area contributed by atoms with Gasteiger partial charge < -0.3 is 0 Å². The Morgan fingerprint density at radius 1 is 0.706 bits per heavy atom. The van der Waals surface area contributed by atoms with Gasteiger partial charge in [-0.1, -0.05) is 62.3 Å². The van der Waals surface area contributed by atoms with Crippen molar-refractivity contribution in [1.29, 1.82) is 0 Å². The molecule has 3 unspecified atom stereocenters. The van der Waals surface area contributed by atoms with Crippen LogP contribution in [0, 0.1) is 35.0 Å². The summed E-state index contributed by atoms with van der Waals surface area (Å²) in [4.78, 5) is 0. The molecule has 0 aliphatic heterocycles. The molecule has 0 heterocycles. The van der Waals surface area contributed by atoms with Gasteiger partial charge in [0.1, 0.15) is 0 Å². The third-order valence-corrected chi connectivity index (χ3v) is 5.85. The first-order valence-electron chi connectivity index (χ1n) is 7.21. The summed E-state index contributed by atoms with van der Waals surface area (Å²) in [5.41, 5.74) is 0.287. The lowest BCUT2D eigenvalue weighted by molar-refractivity contribution is 0.0611. The second-order valence-electron chi connectivity index (χ2n) is 7.38. The fourth-order valence-corrected chi connectivity index (χ4v) is 3.79. The van der Waals surface area contributed by atoms with Crippen LogP contribution < -0.4 is 0 Å². The molecule has 3 atom stereocenters. The molecule has 0 saturated heterocycles. The quantitative estimate of drug-likeness (QED) is 0.595. The Kier molecular flexibility index (Phi) is 6.63. The van der Waals surface area contributed by atoms with Crippen molar-refractivity contribution in [2.24, 2.45) is 35.0 Å². The Bertz CT molecular complexity index is 216. The molecule has 0 aliphatic carbocycles. The van der Waals surface area contributed by atoms with E-state index in [9.17, 15) is 0 Å². The number of hydrogen-bond donors (Lipinski definition) is 1. The molecule has 1 heteroatoms. The van der Waals surface area contributed by atoms with Gasteiger partial charge in [0.25, 0.3) is 0 Å². The zero-order chi connectivity index (χ0) is 14.0. The van der Waals surface area contributed by atoms with Crippen LogP contribution in [-0.2, 0) is 0 Å². The lowest BCUT2D eigenvalue weighted by Crippen LogP contribution is -2.43. The highest BCUT2D eigenvalue weighted by Gasteiger charge is 2.41. The van der Waals surface area contributed by atoms with Crippen LogP contribution >= 0.6 is 12.6 Å². The van der Waals surface area contributed by atoms with Gasteiger partial charge in [-0.05, 0) is 35.0 Å². The Morgan fingerprint density at radius 3 is 1.35 bits per heavy atom. The summed E-state index contributed by atoms with van der Waals surface area (Å²) in [5, 5.41) is 0.469. The highest BCUT2D eigenvalue weighted by molar-refractivity contribution is 7.81. The van der Waals surface area contributed by atoms with Gasteiger partial charge in [0.15, 0.2) is 0 Å². The average molecular weight is 259 g/mol. The van der Waals surface area contributed by atoms with Crippen LogP contribution in [0.25, 0.3) is 0 Å². The Morgan fingerprint density at radius 2 is 1.12 bits per heavy atom. The Hall–Kier alpha value is 0.350. The molecule has 0 amide bonds. The zero-order valence-electron chi connectivity index (χ0n) is 13.4. The minimum absolute atomic E-state index is 0.287. The van der Waals surface area contributed by atoms with Crippen molar-refractivity contribution in [1.82, 2.24) is 0 Å². The summed E-state index contributed by atoms with van der Waals surface area (Å²) in [6.07, 6.45) is 0. The normalized spacial score (nSPS) is 18.9. The first kappa shape index (κ1) is 17.4. The summed E-state index contributed by atoms with van der Waals surface area (Å²) in [5.74, 6) is 3.57. The van der Waals surface area contributed by atoms with Crippen LogP contribution in [0.5, 0.6) is 0 Å². The van der Waals surface area contributed by atoms with Crippen molar-refractivity contribution < 1.29 is 0 Å². The molecule has 0 aliphatic rings. The molecule has 0 rings (SSSR count). The van der Waals surface area contributed by atoms with Gasteiger partial charge >= 0.3 is 0 Å². The van der Waals surface area contributed by atoms with E-state index in [1.54, 1.807) is 0 Å². The highest BCUT2D eigenvalue weighted by atomic mass is 32.1. The van der Waals surface area contributed by atoms with E-state index < -0.39 is 0 Å². The van der Waals surface area contributed by atoms with Crippen molar-refractivity contribution in [3.8, 4) is 0 Å². The molecule has 17 heavy (non-hydrogen) atoms. The van der Waals surface area contributed by atoms with Gasteiger partial charge in [-0.25, -0.2) is 0 Å². The highest BCUT2D eigenvalue weighted by Crippen LogP contribution is 2.46. The number of thiol groups is 1. The summed E-state index contributed by atoms with van der Waals surface area (Å²) in [7, 11) is 0. The average Bonchev–Trinajstić information content (AvgIpc) is 2.14. The fourth-order valence-electron chi connectivity index (χ4n) is 3.61. The van der Waals surface area contributed by atoms with E-state index in [1.807, 2.05) is 0 Å². The Balaban J connectivity index is 5.17. The predicted octanol–water partition coefficient (Wildman–Crippen LogP) is 5.53. The summed E-state index contributed by atoms with van der Waals surface area (Å²) < 4.78 is 0. The van der Waals surface area contributed by atoms with Crippen LogP contribution in [0.2, 0.25) is 0 Å². The van der Waals surface area contributed by atoms with Crippen molar-refractivity contribution in [2.75, 3.05) is 0 Å². The van der Waals surface area contributed by atoms with Crippen molar-refractivity contribution in [3.05, 3.63) is 0 Å². The fraction of sp³-hybridized carbons (Fsp3) is 1.00. The maximum atomic E-state index is 4.90. The maximum Gasteiger partial charge on any atom is 0.00938 e. The van der Waals surface area contributed by atoms with Crippen molar-refractivity contribution >= 4 is 12.6 Å².